The number of amides is 1. The summed E-state index contributed by atoms with van der Waals surface area (Å²) in [6.07, 6.45) is -4.41. The third-order valence-electron chi connectivity index (χ3n) is 2.29. The first kappa shape index (κ1) is 15.0. The lowest BCUT2D eigenvalue weighted by molar-refractivity contribution is -0.137. The lowest BCUT2D eigenvalue weighted by Gasteiger charge is -2.14. The van der Waals surface area contributed by atoms with Crippen LogP contribution in [0.25, 0.3) is 0 Å². The molecule has 6 heteroatoms. The van der Waals surface area contributed by atoms with Crippen LogP contribution in [-0.2, 0) is 11.0 Å². The summed E-state index contributed by atoms with van der Waals surface area (Å²) in [7, 11) is 0. The summed E-state index contributed by atoms with van der Waals surface area (Å²) < 4.78 is 37.4. The molecule has 1 amide bonds. The molecule has 0 fully saturated rings. The van der Waals surface area contributed by atoms with Gasteiger partial charge in [-0.2, -0.15) is 13.2 Å². The van der Waals surface area contributed by atoms with Gasteiger partial charge >= 0.3 is 6.18 Å². The van der Waals surface area contributed by atoms with Crippen LogP contribution in [0.2, 0.25) is 0 Å². The minimum atomic E-state index is -4.41. The second kappa shape index (κ2) is 5.73. The Hall–Kier alpha value is -1.04. The number of anilines is 1. The van der Waals surface area contributed by atoms with Crippen molar-refractivity contribution in [2.75, 3.05) is 5.32 Å². The number of rotatable bonds is 3. The molecular weight excluding hydrogens is 311 g/mol. The Bertz CT molecular complexity index is 432. The van der Waals surface area contributed by atoms with E-state index in [0.29, 0.717) is 0 Å². The van der Waals surface area contributed by atoms with Crippen molar-refractivity contribution in [2.45, 2.75) is 24.9 Å². The number of alkyl halides is 4. The van der Waals surface area contributed by atoms with Crippen molar-refractivity contribution in [1.82, 2.24) is 0 Å². The molecule has 1 N–H and O–H groups in total. The van der Waals surface area contributed by atoms with Crippen molar-refractivity contribution < 1.29 is 18.0 Å². The van der Waals surface area contributed by atoms with E-state index in [0.717, 1.165) is 12.1 Å². The zero-order valence-corrected chi connectivity index (χ0v) is 11.5. The summed E-state index contributed by atoms with van der Waals surface area (Å²) in [4.78, 5) is 11.2. The molecule has 1 atom stereocenters. The molecule has 0 spiro atoms. The van der Waals surface area contributed by atoms with Crippen LogP contribution in [0.3, 0.4) is 0 Å². The summed E-state index contributed by atoms with van der Waals surface area (Å²) >= 11 is 3.19. The Morgan fingerprint density at radius 1 is 1.33 bits per heavy atom. The maximum atomic E-state index is 12.5. The summed E-state index contributed by atoms with van der Waals surface area (Å²) in [5.74, 6) is -0.305. The fourth-order valence-electron chi connectivity index (χ4n) is 1.29. The maximum Gasteiger partial charge on any atom is 0.416 e. The van der Waals surface area contributed by atoms with E-state index in [2.05, 4.69) is 21.2 Å². The number of hydrogen-bond donors (Lipinski definition) is 1. The van der Waals surface area contributed by atoms with Gasteiger partial charge in [0.15, 0.2) is 0 Å². The van der Waals surface area contributed by atoms with Crippen LogP contribution in [0.1, 0.15) is 19.4 Å². The van der Waals surface area contributed by atoms with E-state index in [4.69, 9.17) is 0 Å². The molecule has 0 saturated heterocycles. The summed E-state index contributed by atoms with van der Waals surface area (Å²) in [5.41, 5.74) is -0.643. The molecule has 18 heavy (non-hydrogen) atoms. The minimum absolute atomic E-state index is 0.0517. The van der Waals surface area contributed by atoms with Crippen LogP contribution in [0.15, 0.2) is 24.3 Å². The van der Waals surface area contributed by atoms with E-state index in [1.54, 1.807) is 0 Å². The number of nitrogens with one attached hydrogen (secondary N) is 1. The highest BCUT2D eigenvalue weighted by Gasteiger charge is 2.30. The molecule has 0 aromatic heterocycles. The Balaban J connectivity index is 2.83. The van der Waals surface area contributed by atoms with Gasteiger partial charge in [-0.15, -0.1) is 0 Å². The number of halogens is 4. The molecule has 0 unspecified atom stereocenters. The molecule has 2 nitrogen and oxygen atoms in total. The molecule has 0 bridgehead atoms. The van der Waals surface area contributed by atoms with Crippen LogP contribution < -0.4 is 5.32 Å². The quantitative estimate of drug-likeness (QED) is 0.835. The average molecular weight is 324 g/mol. The summed E-state index contributed by atoms with van der Waals surface area (Å²) in [6.45, 7) is 3.68. The third kappa shape index (κ3) is 4.01. The van der Waals surface area contributed by atoms with E-state index >= 15 is 0 Å². The van der Waals surface area contributed by atoms with E-state index in [9.17, 15) is 18.0 Å². The highest BCUT2D eigenvalue weighted by molar-refractivity contribution is 9.10. The molecule has 1 aromatic carbocycles. The largest absolute Gasteiger partial charge is 0.416 e. The van der Waals surface area contributed by atoms with Crippen molar-refractivity contribution in [3.05, 3.63) is 29.8 Å². The van der Waals surface area contributed by atoms with Gasteiger partial charge in [0.2, 0.25) is 5.91 Å². The Morgan fingerprint density at radius 3 is 2.44 bits per heavy atom. The van der Waals surface area contributed by atoms with Gasteiger partial charge in [-0.25, -0.2) is 0 Å². The highest BCUT2D eigenvalue weighted by atomic mass is 79.9. The fraction of sp³-hybridized carbons (Fsp3) is 0.417. The van der Waals surface area contributed by atoms with Gasteiger partial charge in [-0.05, 0) is 24.1 Å². The standard InChI is InChI=1S/C12H13BrF3NO/c1-7(2)10(13)11(18)17-9-5-3-4-8(6-9)12(14,15)16/h3-7,10H,1-2H3,(H,17,18)/t10-/m0/s1. The molecule has 0 heterocycles. The summed E-state index contributed by atoms with van der Waals surface area (Å²) in [6, 6.07) is 4.56. The molecule has 0 aliphatic carbocycles. The van der Waals surface area contributed by atoms with Gasteiger partial charge in [0.05, 0.1) is 10.4 Å². The first-order chi connectivity index (χ1) is 8.21. The molecule has 0 saturated carbocycles. The zero-order valence-electron chi connectivity index (χ0n) is 9.88. The molecular formula is C12H13BrF3NO. The highest BCUT2D eigenvalue weighted by Crippen LogP contribution is 2.30. The van der Waals surface area contributed by atoms with Crippen molar-refractivity contribution in [2.24, 2.45) is 5.92 Å². The lowest BCUT2D eigenvalue weighted by atomic mass is 10.1. The van der Waals surface area contributed by atoms with Crippen molar-refractivity contribution >= 4 is 27.5 Å². The Kier molecular flexibility index (Phi) is 4.78. The van der Waals surface area contributed by atoms with Gasteiger partial charge in [0.1, 0.15) is 0 Å². The van der Waals surface area contributed by atoms with Gasteiger partial charge in [0.25, 0.3) is 0 Å². The summed E-state index contributed by atoms with van der Waals surface area (Å²) in [5, 5.41) is 2.45. The van der Waals surface area contributed by atoms with Gasteiger partial charge in [-0.1, -0.05) is 35.8 Å². The van der Waals surface area contributed by atoms with Gasteiger partial charge in [0, 0.05) is 5.69 Å². The molecule has 0 aliphatic rings. The number of carbonyl (C=O) groups excluding carboxylic acids is 1. The fourth-order valence-corrected chi connectivity index (χ4v) is 1.40. The predicted octanol–water partition coefficient (Wildman–Crippen LogP) is 4.06. The lowest BCUT2D eigenvalue weighted by Crippen LogP contribution is -2.27. The van der Waals surface area contributed by atoms with E-state index in [-0.39, 0.29) is 17.5 Å². The van der Waals surface area contributed by atoms with Gasteiger partial charge in [-0.3, -0.25) is 4.79 Å². The van der Waals surface area contributed by atoms with E-state index in [1.165, 1.54) is 12.1 Å². The van der Waals surface area contributed by atoms with Crippen LogP contribution in [0.5, 0.6) is 0 Å². The first-order valence-corrected chi connectivity index (χ1v) is 6.25. The maximum absolute atomic E-state index is 12.5. The van der Waals surface area contributed by atoms with E-state index in [1.807, 2.05) is 13.8 Å². The third-order valence-corrected chi connectivity index (χ3v) is 3.77. The first-order valence-electron chi connectivity index (χ1n) is 5.34. The molecule has 100 valence electrons. The Labute approximate surface area is 112 Å². The SMILES string of the molecule is CC(C)[C@H](Br)C(=O)Nc1cccc(C(F)(F)F)c1. The van der Waals surface area contributed by atoms with Crippen molar-refractivity contribution in [1.29, 1.82) is 0 Å². The van der Waals surface area contributed by atoms with Crippen molar-refractivity contribution in [3.8, 4) is 0 Å². The number of hydrogen-bond acceptors (Lipinski definition) is 1. The normalized spacial score (nSPS) is 13.5. The Morgan fingerprint density at radius 2 is 1.94 bits per heavy atom. The molecule has 1 rings (SSSR count). The molecule has 0 aliphatic heterocycles. The zero-order chi connectivity index (χ0) is 13.9. The second-order valence-electron chi connectivity index (χ2n) is 4.21. The van der Waals surface area contributed by atoms with Crippen LogP contribution in [-0.4, -0.2) is 10.7 Å². The average Bonchev–Trinajstić information content (AvgIpc) is 2.27. The smallest absolute Gasteiger partial charge is 0.325 e. The van der Waals surface area contributed by atoms with Crippen molar-refractivity contribution in [3.63, 3.8) is 0 Å². The predicted molar refractivity (Wildman–Crippen MR) is 67.6 cm³/mol. The topological polar surface area (TPSA) is 29.1 Å². The van der Waals surface area contributed by atoms with Crippen LogP contribution >= 0.6 is 15.9 Å². The molecule has 0 radical (unpaired) electrons. The monoisotopic (exact) mass is 323 g/mol. The number of carbonyl (C=O) groups is 1. The second-order valence-corrected chi connectivity index (χ2v) is 5.20. The molecule has 1 aromatic rings. The van der Waals surface area contributed by atoms with Gasteiger partial charge < -0.3 is 5.32 Å². The van der Waals surface area contributed by atoms with Crippen LogP contribution in [0.4, 0.5) is 18.9 Å². The number of benzene rings is 1. The van der Waals surface area contributed by atoms with Crippen LogP contribution in [0, 0.1) is 5.92 Å². The van der Waals surface area contributed by atoms with E-state index < -0.39 is 16.6 Å². The minimum Gasteiger partial charge on any atom is -0.325 e.